The molecule has 0 unspecified atom stereocenters. The topological polar surface area (TPSA) is 75.7 Å². The Bertz CT molecular complexity index is 931. The van der Waals surface area contributed by atoms with Crippen LogP contribution in [0.5, 0.6) is 0 Å². The summed E-state index contributed by atoms with van der Waals surface area (Å²) in [5, 5.41) is 2.84. The van der Waals surface area contributed by atoms with Crippen molar-refractivity contribution in [1.29, 1.82) is 0 Å². The lowest BCUT2D eigenvalue weighted by Gasteiger charge is -2.26. The van der Waals surface area contributed by atoms with Gasteiger partial charge in [0.15, 0.2) is 0 Å². The Morgan fingerprint density at radius 1 is 1.21 bits per heavy atom. The number of hydrogen-bond acceptors (Lipinski definition) is 5. The minimum atomic E-state index is -3.59. The van der Waals surface area contributed by atoms with Crippen LogP contribution in [0.3, 0.4) is 0 Å². The van der Waals surface area contributed by atoms with Gasteiger partial charge in [0.2, 0.25) is 10.0 Å². The summed E-state index contributed by atoms with van der Waals surface area (Å²) in [6, 6.07) is 8.37. The number of nitrogens with one attached hydrogen (secondary N) is 1. The molecule has 152 valence electrons. The van der Waals surface area contributed by atoms with Crippen molar-refractivity contribution < 1.29 is 17.9 Å². The first-order valence-corrected chi connectivity index (χ1v) is 11.8. The van der Waals surface area contributed by atoms with Crippen LogP contribution >= 0.6 is 11.3 Å². The highest BCUT2D eigenvalue weighted by Gasteiger charge is 2.26. The van der Waals surface area contributed by atoms with Crippen molar-refractivity contribution >= 4 is 33.0 Å². The summed E-state index contributed by atoms with van der Waals surface area (Å²) < 4.78 is 32.3. The number of ether oxygens (including phenoxy) is 1. The standard InChI is InChI=1S/C20H26N2O4S2/c1-3-6-18-15(4-2)13-19(27-18)20(23)21-16-7-5-8-17(14-16)28(24,25)22-9-11-26-12-10-22/h5,7-8,13-14H,3-4,6,9-12H2,1-2H3,(H,21,23). The normalized spacial score (nSPS) is 15.5. The van der Waals surface area contributed by atoms with E-state index in [2.05, 4.69) is 19.2 Å². The van der Waals surface area contributed by atoms with Crippen molar-refractivity contribution in [3.05, 3.63) is 45.6 Å². The van der Waals surface area contributed by atoms with Crippen molar-refractivity contribution in [2.24, 2.45) is 0 Å². The van der Waals surface area contributed by atoms with Crippen LogP contribution < -0.4 is 5.32 Å². The van der Waals surface area contributed by atoms with Gasteiger partial charge in [0, 0.05) is 23.7 Å². The lowest BCUT2D eigenvalue weighted by Crippen LogP contribution is -2.40. The van der Waals surface area contributed by atoms with Crippen molar-refractivity contribution in [2.45, 2.75) is 38.0 Å². The number of carbonyl (C=O) groups excluding carboxylic acids is 1. The number of aryl methyl sites for hydroxylation is 2. The highest BCUT2D eigenvalue weighted by Crippen LogP contribution is 2.26. The maximum absolute atomic E-state index is 12.8. The molecule has 0 atom stereocenters. The fraction of sp³-hybridized carbons (Fsp3) is 0.450. The van der Waals surface area contributed by atoms with Gasteiger partial charge in [-0.15, -0.1) is 11.3 Å². The molecule has 1 aromatic carbocycles. The van der Waals surface area contributed by atoms with E-state index in [0.717, 1.165) is 19.3 Å². The van der Waals surface area contributed by atoms with E-state index in [4.69, 9.17) is 4.74 Å². The zero-order valence-corrected chi connectivity index (χ0v) is 17.9. The summed E-state index contributed by atoms with van der Waals surface area (Å²) in [4.78, 5) is 14.8. The molecule has 28 heavy (non-hydrogen) atoms. The molecule has 1 saturated heterocycles. The quantitative estimate of drug-likeness (QED) is 0.741. The van der Waals surface area contributed by atoms with Gasteiger partial charge in [-0.1, -0.05) is 26.3 Å². The fourth-order valence-corrected chi connectivity index (χ4v) is 5.88. The van der Waals surface area contributed by atoms with Gasteiger partial charge in [-0.3, -0.25) is 4.79 Å². The maximum atomic E-state index is 12.8. The second-order valence-corrected chi connectivity index (χ2v) is 9.74. The number of anilines is 1. The minimum Gasteiger partial charge on any atom is -0.379 e. The second kappa shape index (κ2) is 9.17. The first-order valence-electron chi connectivity index (χ1n) is 9.56. The molecule has 0 saturated carbocycles. The highest BCUT2D eigenvalue weighted by molar-refractivity contribution is 7.89. The number of amides is 1. The number of rotatable bonds is 7. The molecule has 0 spiro atoms. The van der Waals surface area contributed by atoms with E-state index >= 15 is 0 Å². The van der Waals surface area contributed by atoms with Crippen LogP contribution in [0.2, 0.25) is 0 Å². The Morgan fingerprint density at radius 3 is 2.64 bits per heavy atom. The number of thiophene rings is 1. The van der Waals surface area contributed by atoms with E-state index in [-0.39, 0.29) is 10.8 Å². The van der Waals surface area contributed by atoms with Gasteiger partial charge in [-0.05, 0) is 42.7 Å². The molecule has 2 heterocycles. The minimum absolute atomic E-state index is 0.180. The summed E-state index contributed by atoms with van der Waals surface area (Å²) in [5.74, 6) is -0.206. The molecule has 1 fully saturated rings. The maximum Gasteiger partial charge on any atom is 0.265 e. The van der Waals surface area contributed by atoms with Gasteiger partial charge in [-0.25, -0.2) is 8.42 Å². The molecule has 1 aliphatic heterocycles. The summed E-state index contributed by atoms with van der Waals surface area (Å²) >= 11 is 1.52. The molecule has 8 heteroatoms. The van der Waals surface area contributed by atoms with Crippen LogP contribution in [-0.4, -0.2) is 44.9 Å². The lowest BCUT2D eigenvalue weighted by molar-refractivity contribution is 0.0730. The summed E-state index contributed by atoms with van der Waals surface area (Å²) in [5.41, 5.74) is 1.68. The van der Waals surface area contributed by atoms with Crippen LogP contribution in [0.1, 0.15) is 40.4 Å². The van der Waals surface area contributed by atoms with E-state index in [1.165, 1.54) is 32.1 Å². The smallest absolute Gasteiger partial charge is 0.265 e. The first-order chi connectivity index (χ1) is 13.5. The Labute approximate surface area is 170 Å². The SMILES string of the molecule is CCCc1sc(C(=O)Nc2cccc(S(=O)(=O)N3CCOCC3)c2)cc1CC. The van der Waals surface area contributed by atoms with Crippen molar-refractivity contribution in [2.75, 3.05) is 31.6 Å². The summed E-state index contributed by atoms with van der Waals surface area (Å²) in [6.45, 7) is 5.69. The molecular formula is C20H26N2O4S2. The Hall–Kier alpha value is -1.74. The largest absolute Gasteiger partial charge is 0.379 e. The number of hydrogen-bond donors (Lipinski definition) is 1. The van der Waals surface area contributed by atoms with Gasteiger partial charge in [0.05, 0.1) is 23.0 Å². The molecule has 6 nitrogen and oxygen atoms in total. The first kappa shape index (κ1) is 21.0. The molecule has 1 N–H and O–H groups in total. The fourth-order valence-electron chi connectivity index (χ4n) is 3.18. The van der Waals surface area contributed by atoms with Crippen molar-refractivity contribution in [3.8, 4) is 0 Å². The van der Waals surface area contributed by atoms with Gasteiger partial charge in [0.25, 0.3) is 5.91 Å². The molecule has 1 aliphatic rings. The van der Waals surface area contributed by atoms with Gasteiger partial charge < -0.3 is 10.1 Å². The zero-order valence-electron chi connectivity index (χ0n) is 16.2. The average molecular weight is 423 g/mol. The number of benzene rings is 1. The Morgan fingerprint density at radius 2 is 1.96 bits per heavy atom. The van der Waals surface area contributed by atoms with Crippen LogP contribution in [0.25, 0.3) is 0 Å². The third-order valence-corrected chi connectivity index (χ3v) is 7.81. The zero-order chi connectivity index (χ0) is 20.1. The highest BCUT2D eigenvalue weighted by atomic mass is 32.2. The van der Waals surface area contributed by atoms with Gasteiger partial charge in [0.1, 0.15) is 0 Å². The number of morpholine rings is 1. The summed E-state index contributed by atoms with van der Waals surface area (Å²) in [6.07, 6.45) is 2.90. The van der Waals surface area contributed by atoms with Crippen LogP contribution in [0.15, 0.2) is 35.2 Å². The predicted octanol–water partition coefficient (Wildman–Crippen LogP) is 3.54. The molecule has 0 aliphatic carbocycles. The van der Waals surface area contributed by atoms with E-state index in [0.29, 0.717) is 36.9 Å². The van der Waals surface area contributed by atoms with Crippen molar-refractivity contribution in [1.82, 2.24) is 4.31 Å². The third kappa shape index (κ3) is 4.63. The molecule has 0 radical (unpaired) electrons. The van der Waals surface area contributed by atoms with Gasteiger partial charge in [-0.2, -0.15) is 4.31 Å². The van der Waals surface area contributed by atoms with Crippen molar-refractivity contribution in [3.63, 3.8) is 0 Å². The average Bonchev–Trinajstić information content (AvgIpc) is 3.12. The number of carbonyl (C=O) groups is 1. The predicted molar refractivity (Wildman–Crippen MR) is 112 cm³/mol. The van der Waals surface area contributed by atoms with E-state index in [1.807, 2.05) is 6.07 Å². The molecular weight excluding hydrogens is 396 g/mol. The van der Waals surface area contributed by atoms with E-state index < -0.39 is 10.0 Å². The van der Waals surface area contributed by atoms with E-state index in [9.17, 15) is 13.2 Å². The molecule has 3 rings (SSSR count). The monoisotopic (exact) mass is 422 g/mol. The number of sulfonamides is 1. The second-order valence-electron chi connectivity index (χ2n) is 6.66. The number of nitrogens with zero attached hydrogens (tertiary/aromatic N) is 1. The summed E-state index contributed by atoms with van der Waals surface area (Å²) in [7, 11) is -3.59. The Balaban J connectivity index is 1.78. The van der Waals surface area contributed by atoms with E-state index in [1.54, 1.807) is 18.2 Å². The van der Waals surface area contributed by atoms with Crippen LogP contribution in [0.4, 0.5) is 5.69 Å². The third-order valence-electron chi connectivity index (χ3n) is 4.68. The Kier molecular flexibility index (Phi) is 6.87. The lowest BCUT2D eigenvalue weighted by atomic mass is 10.1. The van der Waals surface area contributed by atoms with Crippen LogP contribution in [0, 0.1) is 0 Å². The van der Waals surface area contributed by atoms with Crippen LogP contribution in [-0.2, 0) is 27.6 Å². The molecule has 2 aromatic rings. The molecule has 0 bridgehead atoms. The molecule has 1 amide bonds. The van der Waals surface area contributed by atoms with Gasteiger partial charge >= 0.3 is 0 Å². The molecule has 1 aromatic heterocycles.